The quantitative estimate of drug-likeness (QED) is 0.0272. The van der Waals surface area contributed by atoms with Gasteiger partial charge < -0.3 is 28.8 Å². The second-order valence-electron chi connectivity index (χ2n) is 19.6. The highest BCUT2D eigenvalue weighted by atomic mass is 31.2. The normalized spacial score (nSPS) is 14.6. The molecule has 0 saturated carbocycles. The van der Waals surface area contributed by atoms with Crippen molar-refractivity contribution in [3.05, 3.63) is 72.9 Å². The molecule has 0 spiro atoms. The number of hydrogen-bond acceptors (Lipinski definition) is 6. The summed E-state index contributed by atoms with van der Waals surface area (Å²) in [6.07, 6.45) is 65.4. The Balaban J connectivity index is 4.39. The van der Waals surface area contributed by atoms with Crippen molar-refractivity contribution in [3.8, 4) is 0 Å². The van der Waals surface area contributed by atoms with Crippen molar-refractivity contribution < 1.29 is 32.9 Å². The van der Waals surface area contributed by atoms with Crippen LogP contribution in [0.3, 0.4) is 0 Å². The highest BCUT2D eigenvalue weighted by molar-refractivity contribution is 7.45. The highest BCUT2D eigenvalue weighted by Gasteiger charge is 2.23. The predicted octanol–water partition coefficient (Wildman–Crippen LogP) is 15.7. The van der Waals surface area contributed by atoms with Crippen LogP contribution >= 0.6 is 7.82 Å². The molecule has 0 fully saturated rings. The molecule has 3 atom stereocenters. The molecule has 3 unspecified atom stereocenters. The van der Waals surface area contributed by atoms with E-state index in [2.05, 4.69) is 79.9 Å². The Morgan fingerprint density at radius 1 is 0.530 bits per heavy atom. The molecule has 0 aliphatic carbocycles. The molecule has 0 aromatic carbocycles. The molecule has 0 aliphatic rings. The number of rotatable bonds is 49. The van der Waals surface area contributed by atoms with E-state index in [0.29, 0.717) is 17.4 Å². The predicted molar refractivity (Wildman–Crippen MR) is 284 cm³/mol. The van der Waals surface area contributed by atoms with Crippen molar-refractivity contribution in [3.63, 3.8) is 0 Å². The number of likely N-dealkylation sites (N-methyl/N-ethyl adjacent to an activating group) is 1. The fraction of sp³-hybridized carbons (Fsp3) is 0.772. The van der Waals surface area contributed by atoms with Crippen LogP contribution < -0.4 is 10.2 Å². The van der Waals surface area contributed by atoms with E-state index in [0.717, 1.165) is 70.6 Å². The summed E-state index contributed by atoms with van der Waals surface area (Å²) in [5.74, 6) is -0.225. The maximum absolute atomic E-state index is 12.9. The number of amides is 1. The van der Waals surface area contributed by atoms with Gasteiger partial charge in [0.05, 0.1) is 39.9 Å². The van der Waals surface area contributed by atoms with E-state index < -0.39 is 26.6 Å². The Bertz CT molecular complexity index is 1300. The van der Waals surface area contributed by atoms with Crippen molar-refractivity contribution >= 4 is 13.7 Å². The maximum atomic E-state index is 12.9. The monoisotopic (exact) mass is 945 g/mol. The minimum Gasteiger partial charge on any atom is -0.756 e. The molecular weight excluding hydrogens is 840 g/mol. The number of carbonyl (C=O) groups excluding carboxylic acids is 1. The van der Waals surface area contributed by atoms with E-state index in [1.807, 2.05) is 27.2 Å². The molecule has 0 aromatic heterocycles. The van der Waals surface area contributed by atoms with Gasteiger partial charge in [0.1, 0.15) is 13.2 Å². The zero-order valence-corrected chi connectivity index (χ0v) is 44.5. The number of aliphatic hydroxyl groups excluding tert-OH is 1. The lowest BCUT2D eigenvalue weighted by Gasteiger charge is -2.29. The fourth-order valence-electron chi connectivity index (χ4n) is 7.54. The van der Waals surface area contributed by atoms with Crippen LogP contribution in [0.25, 0.3) is 0 Å². The van der Waals surface area contributed by atoms with Gasteiger partial charge in [-0.05, 0) is 83.5 Å². The third-order valence-electron chi connectivity index (χ3n) is 11.9. The van der Waals surface area contributed by atoms with E-state index in [-0.39, 0.29) is 12.5 Å². The number of aliphatic hydroxyl groups is 1. The molecular formula is C57H105N2O6P. The van der Waals surface area contributed by atoms with Gasteiger partial charge in [-0.3, -0.25) is 9.36 Å². The second-order valence-corrected chi connectivity index (χ2v) is 21.0. The lowest BCUT2D eigenvalue weighted by molar-refractivity contribution is -0.870. The van der Waals surface area contributed by atoms with Gasteiger partial charge in [-0.15, -0.1) is 0 Å². The van der Waals surface area contributed by atoms with Crippen LogP contribution in [0.1, 0.15) is 232 Å². The lowest BCUT2D eigenvalue weighted by atomic mass is 10.0. The van der Waals surface area contributed by atoms with E-state index in [4.69, 9.17) is 9.05 Å². The Labute approximate surface area is 408 Å². The number of unbranched alkanes of at least 4 members (excludes halogenated alkanes) is 26. The molecule has 0 rings (SSSR count). The molecule has 0 aliphatic heterocycles. The molecule has 0 bridgehead atoms. The van der Waals surface area contributed by atoms with Gasteiger partial charge in [-0.1, -0.05) is 215 Å². The standard InChI is InChI=1S/C57H105N2O6P/c1-6-8-10-12-14-16-18-20-22-24-26-28-29-31-32-34-36-38-40-42-44-46-48-50-56(60)55(54-65-66(62,63)64-53-52-59(3,4)5)58-57(61)51-49-47-45-43-41-39-37-35-33-30-27-25-23-21-19-17-15-13-11-9-7-2/h19,21,25,27,32-35,40,42,48,50,55-56,60H,6-18,20,22-24,26,28-31,36-39,41,43-47,49,51-54H2,1-5H3,(H-,58,61,62,63)/b21-19-,27-25-,34-32+,35-33-,42-40+,50-48+. The summed E-state index contributed by atoms with van der Waals surface area (Å²) in [7, 11) is 1.22. The smallest absolute Gasteiger partial charge is 0.268 e. The number of phosphoric ester groups is 1. The van der Waals surface area contributed by atoms with Crippen LogP contribution in [0.5, 0.6) is 0 Å². The third-order valence-corrected chi connectivity index (χ3v) is 12.8. The first-order valence-corrected chi connectivity index (χ1v) is 28.8. The average Bonchev–Trinajstić information content (AvgIpc) is 3.28. The Morgan fingerprint density at radius 3 is 1.33 bits per heavy atom. The van der Waals surface area contributed by atoms with Gasteiger partial charge in [0, 0.05) is 6.42 Å². The fourth-order valence-corrected chi connectivity index (χ4v) is 8.27. The zero-order chi connectivity index (χ0) is 48.5. The van der Waals surface area contributed by atoms with E-state index in [1.54, 1.807) is 6.08 Å². The minimum absolute atomic E-state index is 0.0149. The van der Waals surface area contributed by atoms with Crippen LogP contribution in [0, 0.1) is 0 Å². The lowest BCUT2D eigenvalue weighted by Crippen LogP contribution is -2.45. The molecule has 0 aromatic rings. The summed E-state index contributed by atoms with van der Waals surface area (Å²) < 4.78 is 23.3. The van der Waals surface area contributed by atoms with Gasteiger partial charge in [-0.25, -0.2) is 0 Å². The largest absolute Gasteiger partial charge is 0.756 e. The van der Waals surface area contributed by atoms with Gasteiger partial charge in [0.2, 0.25) is 5.91 Å². The first-order chi connectivity index (χ1) is 32.0. The third kappa shape index (κ3) is 49.8. The SMILES string of the molecule is CCCCCCC/C=C\C/C=C\C/C=C\CCCCCCCCC(=O)NC(COP(=O)([O-])OCC[N+](C)(C)C)C(O)/C=C/CC/C=C/CC/C=C/CCCCCCCCCCCCCCC. The Morgan fingerprint density at radius 2 is 0.894 bits per heavy atom. The molecule has 8 nitrogen and oxygen atoms in total. The number of carbonyl (C=O) groups is 1. The van der Waals surface area contributed by atoms with Crippen molar-refractivity contribution in [1.82, 2.24) is 5.32 Å². The van der Waals surface area contributed by atoms with Crippen LogP contribution in [0.15, 0.2) is 72.9 Å². The molecule has 0 radical (unpaired) electrons. The van der Waals surface area contributed by atoms with Gasteiger partial charge >= 0.3 is 0 Å². The van der Waals surface area contributed by atoms with Gasteiger partial charge in [-0.2, -0.15) is 0 Å². The molecule has 1 amide bonds. The van der Waals surface area contributed by atoms with Crippen LogP contribution in [0.4, 0.5) is 0 Å². The van der Waals surface area contributed by atoms with Crippen molar-refractivity contribution in [2.45, 2.75) is 244 Å². The summed E-state index contributed by atoms with van der Waals surface area (Å²) >= 11 is 0. The maximum Gasteiger partial charge on any atom is 0.268 e. The zero-order valence-electron chi connectivity index (χ0n) is 43.6. The second kappa shape index (κ2) is 48.0. The minimum atomic E-state index is -4.62. The van der Waals surface area contributed by atoms with Crippen molar-refractivity contribution in [2.24, 2.45) is 0 Å². The van der Waals surface area contributed by atoms with Gasteiger partial charge in [0.25, 0.3) is 7.82 Å². The summed E-state index contributed by atoms with van der Waals surface area (Å²) in [6, 6.07) is -0.921. The molecule has 2 N–H and O–H groups in total. The van der Waals surface area contributed by atoms with Crippen LogP contribution in [0.2, 0.25) is 0 Å². The first-order valence-electron chi connectivity index (χ1n) is 27.3. The Kier molecular flexibility index (Phi) is 46.5. The number of nitrogens with zero attached hydrogens (tertiary/aromatic N) is 1. The summed E-state index contributed by atoms with van der Waals surface area (Å²) in [6.45, 7) is 4.60. The number of phosphoric acid groups is 1. The van der Waals surface area contributed by atoms with E-state index >= 15 is 0 Å². The molecule has 9 heteroatoms. The van der Waals surface area contributed by atoms with Gasteiger partial charge in [0.15, 0.2) is 0 Å². The van der Waals surface area contributed by atoms with Crippen molar-refractivity contribution in [2.75, 3.05) is 40.9 Å². The number of allylic oxidation sites excluding steroid dienone is 11. The average molecular weight is 945 g/mol. The highest BCUT2D eigenvalue weighted by Crippen LogP contribution is 2.38. The number of quaternary nitrogens is 1. The van der Waals surface area contributed by atoms with E-state index in [9.17, 15) is 19.4 Å². The van der Waals surface area contributed by atoms with E-state index in [1.165, 1.54) is 141 Å². The summed E-state index contributed by atoms with van der Waals surface area (Å²) in [5.41, 5.74) is 0. The molecule has 0 heterocycles. The number of nitrogens with one attached hydrogen (secondary N) is 1. The molecule has 66 heavy (non-hydrogen) atoms. The topological polar surface area (TPSA) is 108 Å². The summed E-state index contributed by atoms with van der Waals surface area (Å²) in [4.78, 5) is 25.4. The number of hydrogen-bond donors (Lipinski definition) is 2. The molecule has 0 saturated heterocycles. The molecule has 384 valence electrons. The Hall–Kier alpha value is -2.06. The summed E-state index contributed by atoms with van der Waals surface area (Å²) in [5, 5.41) is 13.8. The van der Waals surface area contributed by atoms with Crippen LogP contribution in [-0.2, 0) is 18.4 Å². The van der Waals surface area contributed by atoms with Crippen LogP contribution in [-0.4, -0.2) is 68.5 Å². The van der Waals surface area contributed by atoms with Crippen molar-refractivity contribution in [1.29, 1.82) is 0 Å². The first kappa shape index (κ1) is 63.9.